The SMILES string of the molecule is BBBC12CC3CC(C1)[C@]1(OO[C@]4(CCC(/C(C)=C/C)CC4)O1)C(C3)C2. The number of hydrogen-bond donors (Lipinski definition) is 0. The molecular formula is C20H33B3O3. The summed E-state index contributed by atoms with van der Waals surface area (Å²) in [5.74, 6) is 1.82. The van der Waals surface area contributed by atoms with Crippen molar-refractivity contribution in [3.8, 4) is 0 Å². The first-order valence-corrected chi connectivity index (χ1v) is 11.2. The van der Waals surface area contributed by atoms with Gasteiger partial charge in [-0.05, 0) is 64.2 Å². The lowest BCUT2D eigenvalue weighted by Gasteiger charge is -2.62. The number of hydrogen-bond acceptors (Lipinski definition) is 3. The highest BCUT2D eigenvalue weighted by atomic mass is 17.3. The van der Waals surface area contributed by atoms with Gasteiger partial charge in [-0.25, -0.2) is 0 Å². The Bertz CT molecular complexity index is 583. The molecule has 1 heterocycles. The van der Waals surface area contributed by atoms with E-state index in [4.69, 9.17) is 14.5 Å². The zero-order chi connectivity index (χ0) is 18.0. The third-order valence-electron chi connectivity index (χ3n) is 8.75. The van der Waals surface area contributed by atoms with Crippen LogP contribution in [0.2, 0.25) is 5.31 Å². The van der Waals surface area contributed by atoms with E-state index in [-0.39, 0.29) is 0 Å². The predicted octanol–water partition coefficient (Wildman–Crippen LogP) is 2.85. The lowest BCUT2D eigenvalue weighted by molar-refractivity contribution is -0.389. The van der Waals surface area contributed by atoms with E-state index in [1.165, 1.54) is 51.9 Å². The largest absolute Gasteiger partial charge is 0.312 e. The second-order valence-electron chi connectivity index (χ2n) is 10.3. The Hall–Kier alpha value is -0.185. The molecule has 6 rings (SSSR count). The van der Waals surface area contributed by atoms with Gasteiger partial charge in [-0.1, -0.05) is 23.4 Å². The van der Waals surface area contributed by atoms with Gasteiger partial charge in [0, 0.05) is 24.7 Å². The van der Waals surface area contributed by atoms with Gasteiger partial charge in [0.25, 0.3) is 0 Å². The van der Waals surface area contributed by atoms with Gasteiger partial charge < -0.3 is 4.74 Å². The highest BCUT2D eigenvalue weighted by Gasteiger charge is 2.69. The van der Waals surface area contributed by atoms with Gasteiger partial charge in [-0.2, -0.15) is 9.78 Å². The highest BCUT2D eigenvalue weighted by Crippen LogP contribution is 2.70. The van der Waals surface area contributed by atoms with Crippen LogP contribution in [-0.2, 0) is 14.5 Å². The molecule has 6 heteroatoms. The van der Waals surface area contributed by atoms with Gasteiger partial charge >= 0.3 is 0 Å². The number of ether oxygens (including phenoxy) is 1. The zero-order valence-corrected chi connectivity index (χ0v) is 16.9. The van der Waals surface area contributed by atoms with Gasteiger partial charge in [-0.15, -0.1) is 0 Å². The fourth-order valence-corrected chi connectivity index (χ4v) is 7.63. The number of allylic oxidation sites excluding steroid dienone is 2. The smallest absolute Gasteiger partial charge is 0.210 e. The number of rotatable bonds is 3. The molecule has 2 spiro atoms. The molecule has 0 aromatic rings. The summed E-state index contributed by atoms with van der Waals surface area (Å²) in [5, 5.41) is 0.583. The van der Waals surface area contributed by atoms with Gasteiger partial charge in [0.2, 0.25) is 11.6 Å². The van der Waals surface area contributed by atoms with Crippen molar-refractivity contribution in [2.24, 2.45) is 23.7 Å². The summed E-state index contributed by atoms with van der Waals surface area (Å²) >= 11 is 0. The van der Waals surface area contributed by atoms with Gasteiger partial charge in [-0.3, -0.25) is 0 Å². The minimum absolute atomic E-state index is 0.420. The van der Waals surface area contributed by atoms with Gasteiger partial charge in [0.1, 0.15) is 0 Å². The Balaban J connectivity index is 1.33. The Labute approximate surface area is 160 Å². The summed E-state index contributed by atoms with van der Waals surface area (Å²) in [7, 11) is 5.05. The van der Waals surface area contributed by atoms with E-state index in [0.29, 0.717) is 23.1 Å². The average Bonchev–Trinajstić information content (AvgIpc) is 3.00. The van der Waals surface area contributed by atoms with Crippen LogP contribution in [0.3, 0.4) is 0 Å². The third kappa shape index (κ3) is 2.54. The van der Waals surface area contributed by atoms with Crippen LogP contribution in [0.5, 0.6) is 0 Å². The van der Waals surface area contributed by atoms with Crippen LogP contribution in [0.15, 0.2) is 11.6 Å². The molecule has 4 bridgehead atoms. The van der Waals surface area contributed by atoms with Crippen molar-refractivity contribution in [3.63, 3.8) is 0 Å². The molecule has 1 saturated heterocycles. The predicted molar refractivity (Wildman–Crippen MR) is 109 cm³/mol. The molecule has 0 aromatic carbocycles. The van der Waals surface area contributed by atoms with E-state index in [2.05, 4.69) is 27.7 Å². The van der Waals surface area contributed by atoms with E-state index in [9.17, 15) is 0 Å². The van der Waals surface area contributed by atoms with E-state index in [0.717, 1.165) is 31.6 Å². The Kier molecular flexibility index (Phi) is 4.23. The Morgan fingerprint density at radius 2 is 1.77 bits per heavy atom. The minimum Gasteiger partial charge on any atom is -0.312 e. The quantitative estimate of drug-likeness (QED) is 0.443. The van der Waals surface area contributed by atoms with E-state index in [1.807, 2.05) is 0 Å². The van der Waals surface area contributed by atoms with Crippen molar-refractivity contribution in [3.05, 3.63) is 11.6 Å². The summed E-state index contributed by atoms with van der Waals surface area (Å²) in [6.45, 7) is 4.42. The first-order valence-electron chi connectivity index (χ1n) is 11.2. The van der Waals surface area contributed by atoms with Crippen LogP contribution < -0.4 is 0 Å². The van der Waals surface area contributed by atoms with Crippen LogP contribution in [0.1, 0.15) is 71.6 Å². The van der Waals surface area contributed by atoms with E-state index in [1.54, 1.807) is 0 Å². The molecule has 2 unspecified atom stereocenters. The molecule has 140 valence electrons. The van der Waals surface area contributed by atoms with Crippen LogP contribution in [0.25, 0.3) is 0 Å². The summed E-state index contributed by atoms with van der Waals surface area (Å²) < 4.78 is 6.88. The summed E-state index contributed by atoms with van der Waals surface area (Å²) in [6, 6.07) is 0. The van der Waals surface area contributed by atoms with Crippen LogP contribution in [0, 0.1) is 23.7 Å². The van der Waals surface area contributed by atoms with Crippen molar-refractivity contribution in [1.29, 1.82) is 0 Å². The fourth-order valence-electron chi connectivity index (χ4n) is 7.63. The normalized spacial score (nSPS) is 52.8. The monoisotopic (exact) mass is 354 g/mol. The van der Waals surface area contributed by atoms with Gasteiger partial charge in [0.15, 0.2) is 0 Å². The van der Waals surface area contributed by atoms with Crippen molar-refractivity contribution in [1.82, 2.24) is 0 Å². The van der Waals surface area contributed by atoms with Crippen LogP contribution >= 0.6 is 0 Å². The molecule has 0 radical (unpaired) electrons. The molecule has 2 atom stereocenters. The van der Waals surface area contributed by atoms with Crippen LogP contribution in [0.4, 0.5) is 0 Å². The van der Waals surface area contributed by atoms with Crippen molar-refractivity contribution in [2.75, 3.05) is 0 Å². The van der Waals surface area contributed by atoms with Gasteiger partial charge in [0.05, 0.1) is 22.0 Å². The molecule has 0 amide bonds. The maximum Gasteiger partial charge on any atom is 0.210 e. The lowest BCUT2D eigenvalue weighted by atomic mass is 9.16. The van der Waals surface area contributed by atoms with E-state index >= 15 is 0 Å². The Morgan fingerprint density at radius 3 is 2.38 bits per heavy atom. The van der Waals surface area contributed by atoms with E-state index < -0.39 is 11.6 Å². The summed E-state index contributed by atoms with van der Waals surface area (Å²) in [4.78, 5) is 12.3. The third-order valence-corrected chi connectivity index (χ3v) is 8.75. The van der Waals surface area contributed by atoms with Crippen molar-refractivity contribution in [2.45, 2.75) is 88.5 Å². The molecule has 0 N–H and O–H groups in total. The maximum atomic E-state index is 6.88. The molecule has 3 nitrogen and oxygen atoms in total. The molecule has 0 aromatic heterocycles. The first-order chi connectivity index (χ1) is 12.5. The zero-order valence-electron chi connectivity index (χ0n) is 16.9. The molecule has 1 aliphatic heterocycles. The molecular weight excluding hydrogens is 321 g/mol. The molecule has 6 aliphatic rings. The molecule has 5 saturated carbocycles. The first kappa shape index (κ1) is 17.9. The highest BCUT2D eigenvalue weighted by molar-refractivity contribution is 7.24. The lowest BCUT2D eigenvalue weighted by Crippen LogP contribution is -2.62. The minimum atomic E-state index is -0.461. The van der Waals surface area contributed by atoms with Crippen molar-refractivity contribution < 1.29 is 14.5 Å². The Morgan fingerprint density at radius 1 is 1.08 bits per heavy atom. The second-order valence-corrected chi connectivity index (χ2v) is 10.3. The molecule has 26 heavy (non-hydrogen) atoms. The average molecular weight is 354 g/mol. The summed E-state index contributed by atoms with van der Waals surface area (Å²) in [5.41, 5.74) is 1.52. The van der Waals surface area contributed by atoms with Crippen molar-refractivity contribution >= 4 is 22.0 Å². The molecule has 5 aliphatic carbocycles. The second kappa shape index (κ2) is 6.16. The molecule has 6 fully saturated rings. The maximum absolute atomic E-state index is 6.88. The fraction of sp³-hybridized carbons (Fsp3) is 0.900. The standard InChI is InChI=1S/C20H33B3O3/c1-3-13(2)15-4-6-19(7-5-15)24-20(26-25-19)16-8-14-9-17(20)12-18(10-14,11-16)22-23-21/h3,14-17,22-23H,4-12,21H2,1-2H3/b13-3+/t14?,15?,16?,17?,18?,19-,20-. The topological polar surface area (TPSA) is 27.7 Å². The van der Waals surface area contributed by atoms with Crippen LogP contribution in [-0.4, -0.2) is 33.5 Å². The summed E-state index contributed by atoms with van der Waals surface area (Å²) in [6.07, 6.45) is 13.2.